The smallest absolute Gasteiger partial charge is 0.313 e. The molecule has 0 saturated carbocycles. The molecule has 0 spiro atoms. The normalized spacial score (nSPS) is 11.8. The van der Waals surface area contributed by atoms with Crippen molar-refractivity contribution in [2.75, 3.05) is 6.54 Å². The molecule has 2 rings (SSSR count). The van der Waals surface area contributed by atoms with Gasteiger partial charge in [-0.1, -0.05) is 31.2 Å². The molecule has 20 heavy (non-hydrogen) atoms. The van der Waals surface area contributed by atoms with Crippen LogP contribution in [0.1, 0.15) is 23.6 Å². The average molecular weight is 283 g/mol. The first kappa shape index (κ1) is 14.6. The van der Waals surface area contributed by atoms with Crippen LogP contribution in [0.2, 0.25) is 0 Å². The molecular formula is C14H16F3N3. The Morgan fingerprint density at radius 1 is 1.15 bits per heavy atom. The number of hydrogen-bond acceptors (Lipinski definition) is 2. The summed E-state index contributed by atoms with van der Waals surface area (Å²) in [7, 11) is 0. The van der Waals surface area contributed by atoms with Gasteiger partial charge in [0.25, 0.3) is 0 Å². The molecule has 1 aromatic carbocycles. The molecule has 1 N–H and O–H groups in total. The summed E-state index contributed by atoms with van der Waals surface area (Å²) in [6, 6.07) is 7.74. The van der Waals surface area contributed by atoms with Gasteiger partial charge in [0, 0.05) is 12.7 Å². The van der Waals surface area contributed by atoms with E-state index in [9.17, 15) is 13.2 Å². The lowest BCUT2D eigenvalue weighted by molar-refractivity contribution is -0.137. The van der Waals surface area contributed by atoms with E-state index in [2.05, 4.69) is 10.4 Å². The van der Waals surface area contributed by atoms with Gasteiger partial charge in [-0.05, 0) is 17.7 Å². The molecule has 0 unspecified atom stereocenters. The fraction of sp³-hybridized carbons (Fsp3) is 0.357. The predicted octanol–water partition coefficient (Wildman–Crippen LogP) is 3.06. The van der Waals surface area contributed by atoms with E-state index >= 15 is 0 Å². The van der Waals surface area contributed by atoms with Gasteiger partial charge in [-0.25, -0.2) is 0 Å². The summed E-state index contributed by atoms with van der Waals surface area (Å²) in [6.45, 7) is 4.05. The molecule has 0 aliphatic rings. The van der Waals surface area contributed by atoms with Crippen LogP contribution < -0.4 is 5.32 Å². The van der Waals surface area contributed by atoms with Gasteiger partial charge >= 0.3 is 6.18 Å². The Labute approximate surface area is 115 Å². The minimum atomic E-state index is -4.34. The van der Waals surface area contributed by atoms with Gasteiger partial charge in [-0.3, -0.25) is 4.68 Å². The van der Waals surface area contributed by atoms with Crippen molar-refractivity contribution < 1.29 is 13.2 Å². The zero-order valence-corrected chi connectivity index (χ0v) is 11.1. The number of benzene rings is 1. The lowest BCUT2D eigenvalue weighted by atomic mass is 10.1. The number of alkyl halides is 3. The molecule has 0 aliphatic heterocycles. The van der Waals surface area contributed by atoms with Gasteiger partial charge in [-0.15, -0.1) is 0 Å². The fourth-order valence-corrected chi connectivity index (χ4v) is 1.82. The van der Waals surface area contributed by atoms with Crippen molar-refractivity contribution in [1.29, 1.82) is 0 Å². The number of hydrogen-bond donors (Lipinski definition) is 1. The maximum Gasteiger partial charge on any atom is 0.419 e. The van der Waals surface area contributed by atoms with Crippen LogP contribution in [0.4, 0.5) is 13.2 Å². The number of halogens is 3. The molecule has 0 bridgehead atoms. The number of nitrogens with one attached hydrogen (secondary N) is 1. The van der Waals surface area contributed by atoms with Crippen LogP contribution >= 0.6 is 0 Å². The summed E-state index contributed by atoms with van der Waals surface area (Å²) in [4.78, 5) is 0. The highest BCUT2D eigenvalue weighted by atomic mass is 19.4. The molecule has 108 valence electrons. The third-order valence-corrected chi connectivity index (χ3v) is 2.91. The lowest BCUT2D eigenvalue weighted by Crippen LogP contribution is -2.11. The van der Waals surface area contributed by atoms with E-state index in [1.165, 1.54) is 4.68 Å². The molecule has 0 atom stereocenters. The first-order valence-electron chi connectivity index (χ1n) is 6.37. The Balaban J connectivity index is 2.01. The Kier molecular flexibility index (Phi) is 4.44. The van der Waals surface area contributed by atoms with E-state index in [0.717, 1.165) is 36.6 Å². The van der Waals surface area contributed by atoms with Crippen LogP contribution in [0.15, 0.2) is 36.7 Å². The van der Waals surface area contributed by atoms with Crippen LogP contribution in [0.25, 0.3) is 0 Å². The van der Waals surface area contributed by atoms with Gasteiger partial charge in [-0.2, -0.15) is 18.3 Å². The zero-order valence-electron chi connectivity index (χ0n) is 11.1. The summed E-state index contributed by atoms with van der Waals surface area (Å²) < 4.78 is 38.6. The third-order valence-electron chi connectivity index (χ3n) is 2.91. The molecule has 0 amide bonds. The van der Waals surface area contributed by atoms with Crippen LogP contribution in [0.5, 0.6) is 0 Å². The second kappa shape index (κ2) is 6.09. The topological polar surface area (TPSA) is 29.9 Å². The fourth-order valence-electron chi connectivity index (χ4n) is 1.82. The van der Waals surface area contributed by atoms with Gasteiger partial charge in [0.15, 0.2) is 0 Å². The summed E-state index contributed by atoms with van der Waals surface area (Å²) in [6.07, 6.45) is -2.47. The van der Waals surface area contributed by atoms with E-state index in [1.807, 2.05) is 31.2 Å². The number of rotatable bonds is 5. The Hall–Kier alpha value is -1.82. The monoisotopic (exact) mass is 283 g/mol. The molecule has 6 heteroatoms. The van der Waals surface area contributed by atoms with Crippen LogP contribution in [0.3, 0.4) is 0 Å². The van der Waals surface area contributed by atoms with Crippen molar-refractivity contribution in [3.8, 4) is 0 Å². The highest BCUT2D eigenvalue weighted by molar-refractivity contribution is 5.23. The van der Waals surface area contributed by atoms with Crippen molar-refractivity contribution in [3.63, 3.8) is 0 Å². The first-order valence-corrected chi connectivity index (χ1v) is 6.37. The second-order valence-corrected chi connectivity index (χ2v) is 4.52. The minimum absolute atomic E-state index is 0.331. The molecule has 0 radical (unpaired) electrons. The highest BCUT2D eigenvalue weighted by Crippen LogP contribution is 2.28. The molecule has 3 nitrogen and oxygen atoms in total. The molecule has 2 aromatic rings. The minimum Gasteiger partial charge on any atom is -0.313 e. The summed E-state index contributed by atoms with van der Waals surface area (Å²) in [5, 5.41) is 6.95. The van der Waals surface area contributed by atoms with E-state index in [4.69, 9.17) is 0 Å². The molecule has 1 aromatic heterocycles. The molecule has 0 fully saturated rings. The molecule has 1 heterocycles. The van der Waals surface area contributed by atoms with E-state index < -0.39 is 11.7 Å². The molecule has 0 aliphatic carbocycles. The number of aromatic nitrogens is 2. The van der Waals surface area contributed by atoms with Gasteiger partial charge in [0.05, 0.1) is 18.3 Å². The van der Waals surface area contributed by atoms with Crippen molar-refractivity contribution >= 4 is 0 Å². The quantitative estimate of drug-likeness (QED) is 0.914. The van der Waals surface area contributed by atoms with Crippen LogP contribution in [0, 0.1) is 0 Å². The predicted molar refractivity (Wildman–Crippen MR) is 70.2 cm³/mol. The SMILES string of the molecule is CCNCc1ccc(Cn2cc(C(F)(F)F)cn2)cc1. The molecular weight excluding hydrogens is 267 g/mol. The van der Waals surface area contributed by atoms with Crippen molar-refractivity contribution in [2.24, 2.45) is 0 Å². The molecule has 0 saturated heterocycles. The third kappa shape index (κ3) is 3.84. The summed E-state index contributed by atoms with van der Waals surface area (Å²) >= 11 is 0. The summed E-state index contributed by atoms with van der Waals surface area (Å²) in [5.74, 6) is 0. The highest BCUT2D eigenvalue weighted by Gasteiger charge is 2.32. The van der Waals surface area contributed by atoms with E-state index in [-0.39, 0.29) is 0 Å². The average Bonchev–Trinajstić information content (AvgIpc) is 2.86. The first-order chi connectivity index (χ1) is 9.49. The maximum atomic E-state index is 12.5. The van der Waals surface area contributed by atoms with Crippen molar-refractivity contribution in [2.45, 2.75) is 26.2 Å². The Morgan fingerprint density at radius 3 is 2.35 bits per heavy atom. The van der Waals surface area contributed by atoms with Gasteiger partial charge in [0.2, 0.25) is 0 Å². The Morgan fingerprint density at radius 2 is 1.80 bits per heavy atom. The standard InChI is InChI=1S/C14H16F3N3/c1-2-18-7-11-3-5-12(6-4-11)9-20-10-13(8-19-20)14(15,16)17/h3-6,8,10,18H,2,7,9H2,1H3. The van der Waals surface area contributed by atoms with E-state index in [0.29, 0.717) is 6.54 Å². The van der Waals surface area contributed by atoms with Crippen LogP contribution in [-0.2, 0) is 19.3 Å². The number of nitrogens with zero attached hydrogens (tertiary/aromatic N) is 2. The maximum absolute atomic E-state index is 12.5. The van der Waals surface area contributed by atoms with E-state index in [1.54, 1.807) is 0 Å². The Bertz CT molecular complexity index is 544. The van der Waals surface area contributed by atoms with Gasteiger partial charge in [0.1, 0.15) is 0 Å². The second-order valence-electron chi connectivity index (χ2n) is 4.52. The largest absolute Gasteiger partial charge is 0.419 e. The van der Waals surface area contributed by atoms with Crippen LogP contribution in [-0.4, -0.2) is 16.3 Å². The van der Waals surface area contributed by atoms with Crippen molar-refractivity contribution in [3.05, 3.63) is 53.3 Å². The zero-order chi connectivity index (χ0) is 14.6. The van der Waals surface area contributed by atoms with Crippen molar-refractivity contribution in [1.82, 2.24) is 15.1 Å². The van der Waals surface area contributed by atoms with Gasteiger partial charge < -0.3 is 5.32 Å². The lowest BCUT2D eigenvalue weighted by Gasteiger charge is -2.05. The summed E-state index contributed by atoms with van der Waals surface area (Å²) in [5.41, 5.74) is 1.34.